The molecule has 0 atom stereocenters. The first-order valence-corrected chi connectivity index (χ1v) is 6.57. The van der Waals surface area contributed by atoms with E-state index in [1.807, 2.05) is 0 Å². The van der Waals surface area contributed by atoms with Gasteiger partial charge in [-0.3, -0.25) is 5.32 Å². The van der Waals surface area contributed by atoms with E-state index in [2.05, 4.69) is 5.32 Å². The molecule has 0 radical (unpaired) electrons. The number of anilines is 1. The second-order valence-corrected chi connectivity index (χ2v) is 5.47. The van der Waals surface area contributed by atoms with Crippen molar-refractivity contribution in [1.82, 2.24) is 0 Å². The molecule has 3 N–H and O–H groups in total. The van der Waals surface area contributed by atoms with Crippen LogP contribution in [-0.2, 0) is 10.9 Å². The number of ether oxygens (including phenoxy) is 2. The Labute approximate surface area is 126 Å². The molecule has 0 spiro atoms. The first kappa shape index (κ1) is 18.1. The molecule has 0 unspecified atom stereocenters. The quantitative estimate of drug-likeness (QED) is 0.892. The number of hydrogen-bond acceptors (Lipinski definition) is 4. The Balaban J connectivity index is 3.03. The number of carbonyl (C=O) groups excluding carboxylic acids is 1. The molecule has 8 heteroatoms. The molecule has 0 aliphatic rings. The number of carbonyl (C=O) groups is 1. The predicted molar refractivity (Wildman–Crippen MR) is 75.9 cm³/mol. The standard InChI is InChI=1S/C14H19F3N2O3/c1-13(2,3)22-12(20)19-10-8-9(14(15,16)17)4-5-11(10)21-7-6-18/h4-5,8H,6-7,18H2,1-3H3,(H,19,20). The third-order valence-corrected chi connectivity index (χ3v) is 2.32. The molecule has 0 aliphatic heterocycles. The molecule has 0 fully saturated rings. The Morgan fingerprint density at radius 2 is 1.91 bits per heavy atom. The molecule has 0 saturated carbocycles. The first-order valence-electron chi connectivity index (χ1n) is 6.57. The molecule has 0 aromatic heterocycles. The number of rotatable bonds is 4. The molecule has 1 aromatic rings. The van der Waals surface area contributed by atoms with Crippen LogP contribution in [0.1, 0.15) is 26.3 Å². The fourth-order valence-corrected chi connectivity index (χ4v) is 1.51. The lowest BCUT2D eigenvalue weighted by atomic mass is 10.1. The lowest BCUT2D eigenvalue weighted by Gasteiger charge is -2.21. The van der Waals surface area contributed by atoms with Crippen molar-refractivity contribution >= 4 is 11.8 Å². The molecule has 0 aliphatic carbocycles. The van der Waals surface area contributed by atoms with Gasteiger partial charge in [0, 0.05) is 6.54 Å². The summed E-state index contributed by atoms with van der Waals surface area (Å²) in [7, 11) is 0. The number of halogens is 3. The Morgan fingerprint density at radius 3 is 2.41 bits per heavy atom. The SMILES string of the molecule is CC(C)(C)OC(=O)Nc1cc(C(F)(F)F)ccc1OCCN. The molecule has 5 nitrogen and oxygen atoms in total. The van der Waals surface area contributed by atoms with Gasteiger partial charge in [0.1, 0.15) is 18.0 Å². The van der Waals surface area contributed by atoms with Gasteiger partial charge in [0.05, 0.1) is 11.3 Å². The predicted octanol–water partition coefficient (Wildman–Crippen LogP) is 3.39. The molecule has 22 heavy (non-hydrogen) atoms. The molecule has 1 rings (SSSR count). The monoisotopic (exact) mass is 320 g/mol. The summed E-state index contributed by atoms with van der Waals surface area (Å²) in [5.74, 6) is 0.0873. The summed E-state index contributed by atoms with van der Waals surface area (Å²) in [4.78, 5) is 11.7. The van der Waals surface area contributed by atoms with Crippen molar-refractivity contribution in [3.8, 4) is 5.75 Å². The van der Waals surface area contributed by atoms with E-state index in [9.17, 15) is 18.0 Å². The van der Waals surface area contributed by atoms with Crippen molar-refractivity contribution in [3.63, 3.8) is 0 Å². The van der Waals surface area contributed by atoms with E-state index in [0.717, 1.165) is 18.2 Å². The smallest absolute Gasteiger partial charge is 0.416 e. The van der Waals surface area contributed by atoms with Gasteiger partial charge in [0.15, 0.2) is 0 Å². The topological polar surface area (TPSA) is 73.6 Å². The number of nitrogens with one attached hydrogen (secondary N) is 1. The Hall–Kier alpha value is -1.96. The number of alkyl halides is 3. The largest absolute Gasteiger partial charge is 0.490 e. The summed E-state index contributed by atoms with van der Waals surface area (Å²) >= 11 is 0. The molecular weight excluding hydrogens is 301 g/mol. The zero-order valence-electron chi connectivity index (χ0n) is 12.6. The lowest BCUT2D eigenvalue weighted by molar-refractivity contribution is -0.137. The van der Waals surface area contributed by atoms with E-state index in [-0.39, 0.29) is 24.6 Å². The van der Waals surface area contributed by atoms with Crippen molar-refractivity contribution in [2.75, 3.05) is 18.5 Å². The second-order valence-electron chi connectivity index (χ2n) is 5.47. The van der Waals surface area contributed by atoms with Crippen LogP contribution in [-0.4, -0.2) is 24.8 Å². The van der Waals surface area contributed by atoms with Gasteiger partial charge < -0.3 is 15.2 Å². The summed E-state index contributed by atoms with van der Waals surface area (Å²) in [5, 5.41) is 2.26. The van der Waals surface area contributed by atoms with Crippen molar-refractivity contribution in [1.29, 1.82) is 0 Å². The minimum Gasteiger partial charge on any atom is -0.490 e. The Morgan fingerprint density at radius 1 is 1.27 bits per heavy atom. The van der Waals surface area contributed by atoms with Crippen LogP contribution in [0.2, 0.25) is 0 Å². The molecule has 0 bridgehead atoms. The number of hydrogen-bond donors (Lipinski definition) is 2. The van der Waals surface area contributed by atoms with Gasteiger partial charge in [-0.2, -0.15) is 13.2 Å². The maximum Gasteiger partial charge on any atom is 0.416 e. The molecule has 1 amide bonds. The highest BCUT2D eigenvalue weighted by Crippen LogP contribution is 2.35. The fraction of sp³-hybridized carbons (Fsp3) is 0.500. The average molecular weight is 320 g/mol. The van der Waals surface area contributed by atoms with E-state index in [1.165, 1.54) is 0 Å². The summed E-state index contributed by atoms with van der Waals surface area (Å²) in [6.07, 6.45) is -5.40. The van der Waals surface area contributed by atoms with Crippen LogP contribution in [0.4, 0.5) is 23.7 Å². The van der Waals surface area contributed by atoms with E-state index in [0.29, 0.717) is 0 Å². The number of amides is 1. The van der Waals surface area contributed by atoms with E-state index >= 15 is 0 Å². The zero-order chi connectivity index (χ0) is 17.0. The highest BCUT2D eigenvalue weighted by molar-refractivity contribution is 5.87. The van der Waals surface area contributed by atoms with Crippen LogP contribution in [0.5, 0.6) is 5.75 Å². The highest BCUT2D eigenvalue weighted by Gasteiger charge is 2.31. The van der Waals surface area contributed by atoms with E-state index < -0.39 is 23.4 Å². The fourth-order valence-electron chi connectivity index (χ4n) is 1.51. The summed E-state index contributed by atoms with van der Waals surface area (Å²) in [5.41, 5.74) is 3.49. The molecular formula is C14H19F3N2O3. The van der Waals surface area contributed by atoms with Gasteiger partial charge in [-0.25, -0.2) is 4.79 Å². The summed E-state index contributed by atoms with van der Waals surface area (Å²) in [6, 6.07) is 2.78. The molecule has 1 aromatic carbocycles. The molecule has 0 heterocycles. The Kier molecular flexibility index (Phi) is 5.65. The van der Waals surface area contributed by atoms with Gasteiger partial charge in [-0.1, -0.05) is 0 Å². The maximum absolute atomic E-state index is 12.8. The van der Waals surface area contributed by atoms with E-state index in [4.69, 9.17) is 15.2 Å². The first-order chi connectivity index (χ1) is 10.0. The minimum absolute atomic E-state index is 0.0873. The van der Waals surface area contributed by atoms with E-state index in [1.54, 1.807) is 20.8 Å². The third-order valence-electron chi connectivity index (χ3n) is 2.32. The van der Waals surface area contributed by atoms with Gasteiger partial charge in [-0.15, -0.1) is 0 Å². The van der Waals surface area contributed by atoms with Gasteiger partial charge in [0.25, 0.3) is 0 Å². The van der Waals surface area contributed by atoms with Crippen molar-refractivity contribution < 1.29 is 27.4 Å². The van der Waals surface area contributed by atoms with Crippen LogP contribution < -0.4 is 15.8 Å². The van der Waals surface area contributed by atoms with Crippen molar-refractivity contribution in [2.24, 2.45) is 5.73 Å². The van der Waals surface area contributed by atoms with Crippen molar-refractivity contribution in [2.45, 2.75) is 32.5 Å². The van der Waals surface area contributed by atoms with Gasteiger partial charge in [-0.05, 0) is 39.0 Å². The maximum atomic E-state index is 12.8. The molecule has 124 valence electrons. The Bertz CT molecular complexity index is 525. The zero-order valence-corrected chi connectivity index (χ0v) is 12.6. The highest BCUT2D eigenvalue weighted by atomic mass is 19.4. The van der Waals surface area contributed by atoms with Crippen LogP contribution in [0.25, 0.3) is 0 Å². The van der Waals surface area contributed by atoms with Crippen molar-refractivity contribution in [3.05, 3.63) is 23.8 Å². The van der Waals surface area contributed by atoms with Crippen LogP contribution in [0.15, 0.2) is 18.2 Å². The van der Waals surface area contributed by atoms with Crippen LogP contribution >= 0.6 is 0 Å². The summed E-state index contributed by atoms with van der Waals surface area (Å²) < 4.78 is 48.5. The van der Waals surface area contributed by atoms with Gasteiger partial charge in [0.2, 0.25) is 0 Å². The lowest BCUT2D eigenvalue weighted by Crippen LogP contribution is -2.27. The second kappa shape index (κ2) is 6.87. The number of nitrogens with two attached hydrogens (primary N) is 1. The van der Waals surface area contributed by atoms with Crippen LogP contribution in [0, 0.1) is 0 Å². The van der Waals surface area contributed by atoms with Crippen LogP contribution in [0.3, 0.4) is 0 Å². The normalized spacial score (nSPS) is 12.0. The van der Waals surface area contributed by atoms with Gasteiger partial charge >= 0.3 is 12.3 Å². The summed E-state index contributed by atoms with van der Waals surface area (Å²) in [6.45, 7) is 5.22. The number of benzene rings is 1. The minimum atomic E-state index is -4.53. The molecule has 0 saturated heterocycles. The third kappa shape index (κ3) is 5.80. The average Bonchev–Trinajstić information content (AvgIpc) is 2.33.